The number of carbonyl (C=O) groups excluding carboxylic acids is 3. The van der Waals surface area contributed by atoms with Crippen LogP contribution in [-0.4, -0.2) is 17.7 Å². The monoisotopic (exact) mass is 319 g/mol. The number of carbonyl (C=O) groups is 3. The first kappa shape index (κ1) is 16.1. The maximum Gasteiger partial charge on any atom is 0.314 e. The van der Waals surface area contributed by atoms with Crippen LogP contribution in [0.15, 0.2) is 42.5 Å². The van der Waals surface area contributed by atoms with E-state index in [0.29, 0.717) is 6.07 Å². The number of hydrogen-bond donors (Lipinski definition) is 3. The second kappa shape index (κ2) is 6.65. The van der Waals surface area contributed by atoms with Crippen LogP contribution in [0.25, 0.3) is 0 Å². The Morgan fingerprint density at radius 1 is 0.870 bits per heavy atom. The van der Waals surface area contributed by atoms with Crippen LogP contribution in [0.4, 0.5) is 20.2 Å². The Morgan fingerprint density at radius 3 is 2.09 bits per heavy atom. The molecule has 118 valence electrons. The summed E-state index contributed by atoms with van der Waals surface area (Å²) in [7, 11) is 0. The highest BCUT2D eigenvalue weighted by Gasteiger charge is 2.18. The van der Waals surface area contributed by atoms with Crippen molar-refractivity contribution in [3.63, 3.8) is 0 Å². The van der Waals surface area contributed by atoms with Crippen molar-refractivity contribution in [1.82, 2.24) is 0 Å². The summed E-state index contributed by atoms with van der Waals surface area (Å²) in [4.78, 5) is 34.8. The Labute approximate surface area is 129 Å². The maximum atomic E-state index is 13.4. The van der Waals surface area contributed by atoms with E-state index in [-0.39, 0.29) is 16.9 Å². The van der Waals surface area contributed by atoms with Crippen molar-refractivity contribution in [2.75, 3.05) is 10.6 Å². The molecular formula is C15H11F2N3O3. The predicted molar refractivity (Wildman–Crippen MR) is 78.6 cm³/mol. The lowest BCUT2D eigenvalue weighted by molar-refractivity contribution is -0.133. The Hall–Kier alpha value is -3.29. The van der Waals surface area contributed by atoms with Crippen molar-refractivity contribution in [2.24, 2.45) is 5.73 Å². The third kappa shape index (κ3) is 3.88. The molecule has 0 unspecified atom stereocenters. The first-order valence-electron chi connectivity index (χ1n) is 6.34. The SMILES string of the molecule is NC(=O)c1ccccc1NC(=O)C(=O)Nc1ccc(F)cc1F. The molecule has 6 nitrogen and oxygen atoms in total. The summed E-state index contributed by atoms with van der Waals surface area (Å²) < 4.78 is 26.2. The van der Waals surface area contributed by atoms with Gasteiger partial charge >= 0.3 is 11.8 Å². The number of para-hydroxylation sites is 1. The van der Waals surface area contributed by atoms with Crippen LogP contribution in [0.1, 0.15) is 10.4 Å². The molecule has 0 bridgehead atoms. The molecule has 0 saturated heterocycles. The third-order valence-electron chi connectivity index (χ3n) is 2.83. The highest BCUT2D eigenvalue weighted by Crippen LogP contribution is 2.16. The molecule has 3 amide bonds. The number of nitrogens with two attached hydrogens (primary N) is 1. The van der Waals surface area contributed by atoms with E-state index >= 15 is 0 Å². The van der Waals surface area contributed by atoms with Crippen molar-refractivity contribution in [1.29, 1.82) is 0 Å². The zero-order valence-corrected chi connectivity index (χ0v) is 11.6. The summed E-state index contributed by atoms with van der Waals surface area (Å²) in [5.74, 6) is -4.95. The fourth-order valence-corrected chi connectivity index (χ4v) is 1.76. The van der Waals surface area contributed by atoms with Gasteiger partial charge in [0.1, 0.15) is 11.6 Å². The summed E-state index contributed by atoms with van der Waals surface area (Å²) in [6.07, 6.45) is 0. The van der Waals surface area contributed by atoms with Crippen LogP contribution < -0.4 is 16.4 Å². The van der Waals surface area contributed by atoms with Gasteiger partial charge in [0, 0.05) is 6.07 Å². The highest BCUT2D eigenvalue weighted by molar-refractivity contribution is 6.44. The largest absolute Gasteiger partial charge is 0.366 e. The quantitative estimate of drug-likeness (QED) is 0.750. The number of hydrogen-bond acceptors (Lipinski definition) is 3. The topological polar surface area (TPSA) is 101 Å². The molecule has 0 aliphatic rings. The number of rotatable bonds is 3. The number of halogens is 2. The van der Waals surface area contributed by atoms with Gasteiger partial charge < -0.3 is 16.4 Å². The van der Waals surface area contributed by atoms with Gasteiger partial charge in [-0.1, -0.05) is 12.1 Å². The molecule has 0 aliphatic carbocycles. The number of amides is 3. The fraction of sp³-hybridized carbons (Fsp3) is 0. The van der Waals surface area contributed by atoms with Crippen LogP contribution in [0.3, 0.4) is 0 Å². The molecule has 2 rings (SSSR count). The molecule has 4 N–H and O–H groups in total. The Bertz CT molecular complexity index is 793. The fourth-order valence-electron chi connectivity index (χ4n) is 1.76. The van der Waals surface area contributed by atoms with E-state index in [1.165, 1.54) is 24.3 Å². The summed E-state index contributed by atoms with van der Waals surface area (Å²) in [6.45, 7) is 0. The zero-order chi connectivity index (χ0) is 17.0. The standard InChI is InChI=1S/C15H11F2N3O3/c16-8-5-6-12(10(17)7-8)20-15(23)14(22)19-11-4-2-1-3-9(11)13(18)21/h1-7H,(H2,18,21)(H,19,22)(H,20,23). The first-order valence-corrected chi connectivity index (χ1v) is 6.34. The van der Waals surface area contributed by atoms with Gasteiger partial charge in [-0.15, -0.1) is 0 Å². The second-order valence-corrected chi connectivity index (χ2v) is 4.44. The van der Waals surface area contributed by atoms with Crippen LogP contribution in [0, 0.1) is 11.6 Å². The van der Waals surface area contributed by atoms with Gasteiger partial charge in [-0.2, -0.15) is 0 Å². The summed E-state index contributed by atoms with van der Waals surface area (Å²) in [5.41, 5.74) is 4.85. The van der Waals surface area contributed by atoms with Crippen LogP contribution in [-0.2, 0) is 9.59 Å². The van der Waals surface area contributed by atoms with Gasteiger partial charge in [-0.05, 0) is 24.3 Å². The van der Waals surface area contributed by atoms with E-state index in [1.807, 2.05) is 5.32 Å². The summed E-state index contributed by atoms with van der Waals surface area (Å²) in [6, 6.07) is 8.28. The smallest absolute Gasteiger partial charge is 0.314 e. The average molecular weight is 319 g/mol. The Kier molecular flexibility index (Phi) is 4.65. The second-order valence-electron chi connectivity index (χ2n) is 4.44. The van der Waals surface area contributed by atoms with Crippen LogP contribution in [0.2, 0.25) is 0 Å². The summed E-state index contributed by atoms with van der Waals surface area (Å²) in [5, 5.41) is 4.19. The molecule has 0 aliphatic heterocycles. The van der Waals surface area contributed by atoms with Crippen molar-refractivity contribution in [3.05, 3.63) is 59.7 Å². The minimum atomic E-state index is -1.19. The van der Waals surface area contributed by atoms with Gasteiger partial charge in [0.2, 0.25) is 0 Å². The molecule has 2 aromatic rings. The predicted octanol–water partition coefficient (Wildman–Crippen LogP) is 1.64. The van der Waals surface area contributed by atoms with Crippen LogP contribution >= 0.6 is 0 Å². The van der Waals surface area contributed by atoms with Crippen molar-refractivity contribution in [3.8, 4) is 0 Å². The van der Waals surface area contributed by atoms with Crippen molar-refractivity contribution < 1.29 is 23.2 Å². The minimum absolute atomic E-state index is 0.0154. The van der Waals surface area contributed by atoms with Crippen LogP contribution in [0.5, 0.6) is 0 Å². The van der Waals surface area contributed by atoms with E-state index in [2.05, 4.69) is 5.32 Å². The van der Waals surface area contributed by atoms with E-state index < -0.39 is 29.4 Å². The molecule has 0 atom stereocenters. The minimum Gasteiger partial charge on any atom is -0.366 e. The van der Waals surface area contributed by atoms with Gasteiger partial charge in [0.25, 0.3) is 5.91 Å². The molecule has 0 spiro atoms. The Balaban J connectivity index is 2.12. The van der Waals surface area contributed by atoms with Crippen molar-refractivity contribution in [2.45, 2.75) is 0 Å². The number of anilines is 2. The lowest BCUT2D eigenvalue weighted by atomic mass is 10.1. The number of benzene rings is 2. The molecule has 23 heavy (non-hydrogen) atoms. The molecule has 0 heterocycles. The number of nitrogens with one attached hydrogen (secondary N) is 2. The van der Waals surface area contributed by atoms with E-state index in [1.54, 1.807) is 0 Å². The highest BCUT2D eigenvalue weighted by atomic mass is 19.1. The molecule has 0 saturated carbocycles. The first-order chi connectivity index (χ1) is 10.9. The number of primary amides is 1. The normalized spacial score (nSPS) is 10.0. The lowest BCUT2D eigenvalue weighted by Gasteiger charge is -2.09. The third-order valence-corrected chi connectivity index (χ3v) is 2.83. The molecule has 2 aromatic carbocycles. The molecule has 8 heteroatoms. The average Bonchev–Trinajstić information content (AvgIpc) is 2.50. The van der Waals surface area contributed by atoms with E-state index in [9.17, 15) is 23.2 Å². The molecule has 0 fully saturated rings. The zero-order valence-electron chi connectivity index (χ0n) is 11.6. The molecule has 0 radical (unpaired) electrons. The maximum absolute atomic E-state index is 13.4. The van der Waals surface area contributed by atoms with Gasteiger partial charge in [0.05, 0.1) is 16.9 Å². The molecule has 0 aromatic heterocycles. The molecular weight excluding hydrogens is 308 g/mol. The van der Waals surface area contributed by atoms with E-state index in [0.717, 1.165) is 12.1 Å². The van der Waals surface area contributed by atoms with E-state index in [4.69, 9.17) is 5.73 Å². The van der Waals surface area contributed by atoms with Gasteiger partial charge in [0.15, 0.2) is 0 Å². The Morgan fingerprint density at radius 2 is 1.48 bits per heavy atom. The van der Waals surface area contributed by atoms with Gasteiger partial charge in [-0.3, -0.25) is 14.4 Å². The van der Waals surface area contributed by atoms with Crippen molar-refractivity contribution >= 4 is 29.1 Å². The van der Waals surface area contributed by atoms with Gasteiger partial charge in [-0.25, -0.2) is 8.78 Å². The lowest BCUT2D eigenvalue weighted by Crippen LogP contribution is -2.30. The summed E-state index contributed by atoms with van der Waals surface area (Å²) >= 11 is 0.